The number of rotatable bonds is 4. The van der Waals surface area contributed by atoms with Crippen molar-refractivity contribution in [2.45, 2.75) is 5.92 Å². The van der Waals surface area contributed by atoms with Crippen molar-refractivity contribution in [2.75, 3.05) is 20.4 Å². The van der Waals surface area contributed by atoms with Gasteiger partial charge in [-0.2, -0.15) is 0 Å². The molecule has 0 fully saturated rings. The van der Waals surface area contributed by atoms with E-state index in [1.807, 2.05) is 0 Å². The summed E-state index contributed by atoms with van der Waals surface area (Å²) in [5.74, 6) is -0.474. The second-order valence-corrected chi connectivity index (χ2v) is 4.47. The van der Waals surface area contributed by atoms with Crippen molar-refractivity contribution in [3.63, 3.8) is 0 Å². The number of carboxylic acids is 1. The average molecular weight is 318 g/mol. The molecule has 0 bridgehead atoms. The van der Waals surface area contributed by atoms with Crippen LogP contribution in [0.3, 0.4) is 0 Å². The van der Waals surface area contributed by atoms with E-state index in [-0.39, 0.29) is 13.3 Å². The van der Waals surface area contributed by atoms with Crippen molar-refractivity contribution in [2.24, 2.45) is 5.73 Å². The predicted molar refractivity (Wildman–Crippen MR) is 66.2 cm³/mol. The molecule has 1 aromatic carbocycles. The zero-order chi connectivity index (χ0) is 13.3. The van der Waals surface area contributed by atoms with Gasteiger partial charge in [0.05, 0.1) is 13.0 Å². The molecule has 0 aliphatic carbocycles. The highest BCUT2D eigenvalue weighted by molar-refractivity contribution is 9.10. The molecule has 1 unspecified atom stereocenters. The molecule has 0 saturated carbocycles. The summed E-state index contributed by atoms with van der Waals surface area (Å²) in [7, 11) is 1.46. The number of benzene rings is 1. The first-order valence-corrected chi connectivity index (χ1v) is 5.98. The maximum absolute atomic E-state index is 11.2. The van der Waals surface area contributed by atoms with E-state index >= 15 is 0 Å². The van der Waals surface area contributed by atoms with Crippen molar-refractivity contribution in [3.05, 3.63) is 16.1 Å². The molecule has 2 rings (SSSR count). The second-order valence-electron chi connectivity index (χ2n) is 3.67. The topological polar surface area (TPSA) is 91.0 Å². The van der Waals surface area contributed by atoms with Gasteiger partial charge in [-0.15, -0.1) is 0 Å². The summed E-state index contributed by atoms with van der Waals surface area (Å²) < 4.78 is 16.3. The SMILES string of the molecule is COc1c(C(CN)C(=O)O)cc2c(c1Br)OCO2. The lowest BCUT2D eigenvalue weighted by atomic mass is 9.97. The van der Waals surface area contributed by atoms with Gasteiger partial charge in [-0.05, 0) is 22.0 Å². The maximum atomic E-state index is 11.2. The Morgan fingerprint density at radius 1 is 1.67 bits per heavy atom. The first kappa shape index (κ1) is 13.0. The number of ether oxygens (including phenoxy) is 3. The van der Waals surface area contributed by atoms with E-state index in [9.17, 15) is 4.79 Å². The monoisotopic (exact) mass is 317 g/mol. The van der Waals surface area contributed by atoms with Crippen LogP contribution in [0.15, 0.2) is 10.5 Å². The van der Waals surface area contributed by atoms with E-state index in [1.54, 1.807) is 6.07 Å². The number of aliphatic carboxylic acids is 1. The fourth-order valence-corrected chi connectivity index (χ4v) is 2.53. The van der Waals surface area contributed by atoms with E-state index in [4.69, 9.17) is 25.1 Å². The third-order valence-corrected chi connectivity index (χ3v) is 3.42. The molecule has 18 heavy (non-hydrogen) atoms. The number of fused-ring (bicyclic) bond motifs is 1. The Balaban J connectivity index is 2.59. The van der Waals surface area contributed by atoms with E-state index in [0.29, 0.717) is 27.3 Å². The summed E-state index contributed by atoms with van der Waals surface area (Å²) in [5.41, 5.74) is 5.96. The summed E-state index contributed by atoms with van der Waals surface area (Å²) in [6.07, 6.45) is 0. The Labute approximate surface area is 112 Å². The molecule has 0 spiro atoms. The van der Waals surface area contributed by atoms with Gasteiger partial charge < -0.3 is 25.1 Å². The van der Waals surface area contributed by atoms with Crippen molar-refractivity contribution in [3.8, 4) is 17.2 Å². The number of carbonyl (C=O) groups is 1. The molecule has 98 valence electrons. The van der Waals surface area contributed by atoms with Gasteiger partial charge in [0.25, 0.3) is 0 Å². The highest BCUT2D eigenvalue weighted by atomic mass is 79.9. The van der Waals surface area contributed by atoms with Crippen LogP contribution < -0.4 is 19.9 Å². The lowest BCUT2D eigenvalue weighted by Crippen LogP contribution is -2.21. The van der Waals surface area contributed by atoms with Crippen molar-refractivity contribution < 1.29 is 24.1 Å². The van der Waals surface area contributed by atoms with E-state index in [0.717, 1.165) is 0 Å². The Kier molecular flexibility index (Phi) is 3.63. The standard InChI is InChI=1S/C11H12BrNO5/c1-16-9-5(6(3-13)11(14)15)2-7-10(8(9)12)18-4-17-7/h2,6H,3-4,13H2,1H3,(H,14,15). The van der Waals surface area contributed by atoms with Crippen LogP contribution in [-0.2, 0) is 4.79 Å². The van der Waals surface area contributed by atoms with Gasteiger partial charge in [0, 0.05) is 12.1 Å². The summed E-state index contributed by atoms with van der Waals surface area (Å²) in [6, 6.07) is 1.59. The Bertz CT molecular complexity index is 491. The maximum Gasteiger partial charge on any atom is 0.312 e. The lowest BCUT2D eigenvalue weighted by Gasteiger charge is -2.16. The molecule has 1 heterocycles. The molecule has 0 saturated heterocycles. The van der Waals surface area contributed by atoms with E-state index in [2.05, 4.69) is 15.9 Å². The molecular formula is C11H12BrNO5. The minimum absolute atomic E-state index is 0.0300. The third-order valence-electron chi connectivity index (χ3n) is 2.70. The zero-order valence-electron chi connectivity index (χ0n) is 9.60. The van der Waals surface area contributed by atoms with Crippen LogP contribution in [0.4, 0.5) is 0 Å². The molecule has 0 aromatic heterocycles. The average Bonchev–Trinajstić information content (AvgIpc) is 2.78. The lowest BCUT2D eigenvalue weighted by molar-refractivity contribution is -0.138. The van der Waals surface area contributed by atoms with E-state index in [1.165, 1.54) is 7.11 Å². The Hall–Kier alpha value is -1.47. The molecular weight excluding hydrogens is 306 g/mol. The normalized spacial score (nSPS) is 14.4. The third kappa shape index (κ3) is 1.99. The minimum atomic E-state index is -1.01. The summed E-state index contributed by atoms with van der Waals surface area (Å²) in [5, 5.41) is 9.16. The van der Waals surface area contributed by atoms with Crippen LogP contribution >= 0.6 is 15.9 Å². The van der Waals surface area contributed by atoms with Crippen LogP contribution in [-0.4, -0.2) is 31.5 Å². The smallest absolute Gasteiger partial charge is 0.312 e. The van der Waals surface area contributed by atoms with Gasteiger partial charge in [-0.25, -0.2) is 0 Å². The van der Waals surface area contributed by atoms with Crippen LogP contribution in [0, 0.1) is 0 Å². The predicted octanol–water partition coefficient (Wildman–Crippen LogP) is 1.31. The van der Waals surface area contributed by atoms with Crippen LogP contribution in [0.25, 0.3) is 0 Å². The van der Waals surface area contributed by atoms with Crippen LogP contribution in [0.5, 0.6) is 17.2 Å². The molecule has 1 aliphatic heterocycles. The number of hydrogen-bond acceptors (Lipinski definition) is 5. The number of methoxy groups -OCH3 is 1. The zero-order valence-corrected chi connectivity index (χ0v) is 11.2. The molecule has 0 amide bonds. The molecule has 1 aliphatic rings. The minimum Gasteiger partial charge on any atom is -0.495 e. The summed E-state index contributed by atoms with van der Waals surface area (Å²) in [4.78, 5) is 11.2. The van der Waals surface area contributed by atoms with Gasteiger partial charge in [-0.1, -0.05) is 0 Å². The van der Waals surface area contributed by atoms with Gasteiger partial charge in [-0.3, -0.25) is 4.79 Å². The fraction of sp³-hybridized carbons (Fsp3) is 0.364. The van der Waals surface area contributed by atoms with Crippen LogP contribution in [0.2, 0.25) is 0 Å². The molecule has 7 heteroatoms. The quantitative estimate of drug-likeness (QED) is 0.870. The Morgan fingerprint density at radius 2 is 2.39 bits per heavy atom. The molecule has 0 radical (unpaired) electrons. The first-order valence-electron chi connectivity index (χ1n) is 5.19. The Morgan fingerprint density at radius 3 is 2.94 bits per heavy atom. The summed E-state index contributed by atoms with van der Waals surface area (Å²) >= 11 is 3.33. The number of carboxylic acid groups (broad SMARTS) is 1. The molecule has 1 atom stereocenters. The van der Waals surface area contributed by atoms with Gasteiger partial charge >= 0.3 is 5.97 Å². The van der Waals surface area contributed by atoms with Gasteiger partial charge in [0.2, 0.25) is 6.79 Å². The number of halogens is 1. The van der Waals surface area contributed by atoms with E-state index < -0.39 is 11.9 Å². The number of hydrogen-bond donors (Lipinski definition) is 2. The molecule has 1 aromatic rings. The number of nitrogens with two attached hydrogens (primary N) is 1. The second kappa shape index (κ2) is 5.03. The van der Waals surface area contributed by atoms with Crippen LogP contribution in [0.1, 0.15) is 11.5 Å². The summed E-state index contributed by atoms with van der Waals surface area (Å²) in [6.45, 7) is 0.0681. The first-order chi connectivity index (χ1) is 8.60. The van der Waals surface area contributed by atoms with Crippen molar-refractivity contribution >= 4 is 21.9 Å². The molecule has 6 nitrogen and oxygen atoms in total. The molecule has 3 N–H and O–H groups in total. The fourth-order valence-electron chi connectivity index (χ4n) is 1.83. The largest absolute Gasteiger partial charge is 0.495 e. The van der Waals surface area contributed by atoms with Crippen molar-refractivity contribution in [1.82, 2.24) is 0 Å². The highest BCUT2D eigenvalue weighted by Crippen LogP contribution is 2.48. The highest BCUT2D eigenvalue weighted by Gasteiger charge is 2.29. The van der Waals surface area contributed by atoms with Crippen molar-refractivity contribution in [1.29, 1.82) is 0 Å². The van der Waals surface area contributed by atoms with Gasteiger partial charge in [0.1, 0.15) is 10.2 Å². The van der Waals surface area contributed by atoms with Gasteiger partial charge in [0.15, 0.2) is 11.5 Å².